The van der Waals surface area contributed by atoms with E-state index in [1.807, 2.05) is 6.92 Å². The van der Waals surface area contributed by atoms with Crippen molar-refractivity contribution in [2.75, 3.05) is 6.61 Å². The van der Waals surface area contributed by atoms with Crippen LogP contribution < -0.4 is 0 Å². The van der Waals surface area contributed by atoms with Gasteiger partial charge in [0.2, 0.25) is 0 Å². The van der Waals surface area contributed by atoms with Crippen molar-refractivity contribution in [2.24, 2.45) is 11.8 Å². The van der Waals surface area contributed by atoms with Gasteiger partial charge in [0.1, 0.15) is 0 Å². The molecule has 19 heavy (non-hydrogen) atoms. The van der Waals surface area contributed by atoms with Crippen molar-refractivity contribution in [3.05, 3.63) is 39.9 Å². The van der Waals surface area contributed by atoms with Gasteiger partial charge >= 0.3 is 5.97 Å². The van der Waals surface area contributed by atoms with Crippen molar-refractivity contribution in [1.29, 1.82) is 0 Å². The van der Waals surface area contributed by atoms with Gasteiger partial charge in [0, 0.05) is 17.7 Å². The molecule has 1 aromatic carbocycles. The quantitative estimate of drug-likeness (QED) is 0.351. The van der Waals surface area contributed by atoms with Crippen LogP contribution in [0.5, 0.6) is 0 Å². The van der Waals surface area contributed by atoms with Crippen molar-refractivity contribution in [1.82, 2.24) is 0 Å². The number of non-ortho nitro benzene ring substituents is 1. The molecule has 0 aromatic heterocycles. The predicted molar refractivity (Wildman–Crippen MR) is 65.7 cm³/mol. The van der Waals surface area contributed by atoms with Crippen LogP contribution in [0.2, 0.25) is 0 Å². The number of nitrogens with zero attached hydrogens (tertiary/aromatic N) is 1. The maximum absolute atomic E-state index is 11.7. The molecule has 0 bridgehead atoms. The minimum Gasteiger partial charge on any atom is -0.457 e. The zero-order valence-corrected chi connectivity index (χ0v) is 10.4. The van der Waals surface area contributed by atoms with E-state index in [4.69, 9.17) is 4.74 Å². The van der Waals surface area contributed by atoms with Gasteiger partial charge in [-0.15, -0.1) is 0 Å². The molecular weight excluding hydrogens is 250 g/mol. The van der Waals surface area contributed by atoms with E-state index in [1.165, 1.54) is 24.3 Å². The molecule has 1 saturated carbocycles. The van der Waals surface area contributed by atoms with Crippen LogP contribution in [0, 0.1) is 22.0 Å². The fourth-order valence-electron chi connectivity index (χ4n) is 1.75. The standard InChI is InChI=1S/C13H13NO5/c1-8-6-11(8)13(16)19-7-12(15)9-2-4-10(5-3-9)14(17)18/h2-5,8,11H,6-7H2,1H3. The van der Waals surface area contributed by atoms with Gasteiger partial charge in [-0.25, -0.2) is 0 Å². The minimum absolute atomic E-state index is 0.0790. The number of ether oxygens (including phenoxy) is 1. The van der Waals surface area contributed by atoms with Crippen molar-refractivity contribution in [3.63, 3.8) is 0 Å². The summed E-state index contributed by atoms with van der Waals surface area (Å²) >= 11 is 0. The average Bonchev–Trinajstić information content (AvgIpc) is 3.13. The molecule has 1 aliphatic rings. The van der Waals surface area contributed by atoms with Gasteiger partial charge in [-0.3, -0.25) is 19.7 Å². The molecule has 0 radical (unpaired) electrons. The topological polar surface area (TPSA) is 86.5 Å². The molecule has 1 aliphatic carbocycles. The van der Waals surface area contributed by atoms with E-state index in [9.17, 15) is 19.7 Å². The summed E-state index contributed by atoms with van der Waals surface area (Å²) in [5, 5.41) is 10.5. The number of carbonyl (C=O) groups excluding carboxylic acids is 2. The van der Waals surface area contributed by atoms with E-state index in [-0.39, 0.29) is 30.0 Å². The molecule has 6 nitrogen and oxygen atoms in total. The van der Waals surface area contributed by atoms with Crippen molar-refractivity contribution in [3.8, 4) is 0 Å². The number of hydrogen-bond donors (Lipinski definition) is 0. The minimum atomic E-state index is -0.539. The second kappa shape index (κ2) is 5.17. The summed E-state index contributed by atoms with van der Waals surface area (Å²) in [7, 11) is 0. The third-order valence-electron chi connectivity index (χ3n) is 3.16. The molecule has 1 aromatic rings. The van der Waals surface area contributed by atoms with E-state index in [0.29, 0.717) is 11.5 Å². The largest absolute Gasteiger partial charge is 0.457 e. The average molecular weight is 263 g/mol. The van der Waals surface area contributed by atoms with E-state index >= 15 is 0 Å². The third kappa shape index (κ3) is 3.15. The smallest absolute Gasteiger partial charge is 0.309 e. The zero-order valence-electron chi connectivity index (χ0n) is 10.4. The first-order chi connectivity index (χ1) is 8.99. The second-order valence-corrected chi connectivity index (χ2v) is 4.65. The van der Waals surface area contributed by atoms with Crippen LogP contribution in [-0.2, 0) is 9.53 Å². The fourth-order valence-corrected chi connectivity index (χ4v) is 1.75. The summed E-state index contributed by atoms with van der Waals surface area (Å²) in [5.74, 6) is -0.453. The molecule has 2 atom stereocenters. The Hall–Kier alpha value is -2.24. The van der Waals surface area contributed by atoms with Crippen LogP contribution in [0.15, 0.2) is 24.3 Å². The Morgan fingerprint density at radius 1 is 1.37 bits per heavy atom. The maximum Gasteiger partial charge on any atom is 0.309 e. The number of rotatable bonds is 5. The highest BCUT2D eigenvalue weighted by atomic mass is 16.6. The van der Waals surface area contributed by atoms with E-state index in [1.54, 1.807) is 0 Å². The number of hydrogen-bond acceptors (Lipinski definition) is 5. The van der Waals surface area contributed by atoms with Crippen molar-refractivity contribution in [2.45, 2.75) is 13.3 Å². The molecule has 6 heteroatoms. The lowest BCUT2D eigenvalue weighted by Gasteiger charge is -2.03. The van der Waals surface area contributed by atoms with Gasteiger partial charge in [0.05, 0.1) is 10.8 Å². The number of ketones is 1. The Morgan fingerprint density at radius 2 is 1.95 bits per heavy atom. The SMILES string of the molecule is CC1CC1C(=O)OCC(=O)c1ccc([N+](=O)[O-])cc1. The number of esters is 1. The molecule has 0 spiro atoms. The van der Waals surface area contributed by atoms with Gasteiger partial charge in [0.25, 0.3) is 5.69 Å². The first-order valence-electron chi connectivity index (χ1n) is 5.93. The summed E-state index contributed by atoms with van der Waals surface area (Å²) in [6, 6.07) is 5.21. The van der Waals surface area contributed by atoms with Gasteiger partial charge in [-0.2, -0.15) is 0 Å². The van der Waals surface area contributed by atoms with Crippen LogP contribution in [0.3, 0.4) is 0 Å². The lowest BCUT2D eigenvalue weighted by atomic mass is 10.1. The lowest BCUT2D eigenvalue weighted by molar-refractivity contribution is -0.384. The highest BCUT2D eigenvalue weighted by Crippen LogP contribution is 2.38. The Labute approximate surface area is 109 Å². The van der Waals surface area contributed by atoms with Crippen LogP contribution in [0.4, 0.5) is 5.69 Å². The highest BCUT2D eigenvalue weighted by Gasteiger charge is 2.40. The summed E-state index contributed by atoms with van der Waals surface area (Å²) in [6.07, 6.45) is 0.810. The summed E-state index contributed by atoms with van der Waals surface area (Å²) < 4.78 is 4.91. The molecule has 0 N–H and O–H groups in total. The third-order valence-corrected chi connectivity index (χ3v) is 3.16. The lowest BCUT2D eigenvalue weighted by Crippen LogP contribution is -2.15. The molecule has 2 rings (SSSR count). The number of Topliss-reactive ketones (excluding diaryl/α,β-unsaturated/α-hetero) is 1. The molecule has 0 heterocycles. The van der Waals surface area contributed by atoms with Crippen LogP contribution in [0.1, 0.15) is 23.7 Å². The van der Waals surface area contributed by atoms with E-state index < -0.39 is 4.92 Å². The van der Waals surface area contributed by atoms with Crippen LogP contribution in [0.25, 0.3) is 0 Å². The Kier molecular flexibility index (Phi) is 3.59. The van der Waals surface area contributed by atoms with Crippen LogP contribution >= 0.6 is 0 Å². The molecule has 0 aliphatic heterocycles. The first kappa shape index (κ1) is 13.2. The first-order valence-corrected chi connectivity index (χ1v) is 5.93. The number of carbonyl (C=O) groups is 2. The second-order valence-electron chi connectivity index (χ2n) is 4.65. The molecule has 100 valence electrons. The van der Waals surface area contributed by atoms with E-state index in [0.717, 1.165) is 6.42 Å². The normalized spacial score (nSPS) is 20.7. The number of nitro benzene ring substituents is 1. The van der Waals surface area contributed by atoms with Crippen molar-refractivity contribution >= 4 is 17.4 Å². The van der Waals surface area contributed by atoms with Gasteiger partial charge in [-0.05, 0) is 24.5 Å². The number of benzene rings is 1. The predicted octanol–water partition coefficient (Wildman–Crippen LogP) is 1.98. The van der Waals surface area contributed by atoms with Gasteiger partial charge in [0.15, 0.2) is 12.4 Å². The molecule has 0 amide bonds. The molecule has 1 fully saturated rings. The molecule has 0 saturated heterocycles. The summed E-state index contributed by atoms with van der Waals surface area (Å²) in [4.78, 5) is 33.1. The maximum atomic E-state index is 11.7. The molecule has 2 unspecified atom stereocenters. The number of nitro groups is 1. The van der Waals surface area contributed by atoms with Gasteiger partial charge in [-0.1, -0.05) is 6.92 Å². The van der Waals surface area contributed by atoms with E-state index in [2.05, 4.69) is 0 Å². The Morgan fingerprint density at radius 3 is 2.42 bits per heavy atom. The van der Waals surface area contributed by atoms with Crippen LogP contribution in [-0.4, -0.2) is 23.3 Å². The zero-order chi connectivity index (χ0) is 14.0. The van der Waals surface area contributed by atoms with Gasteiger partial charge < -0.3 is 4.74 Å². The summed E-state index contributed by atoms with van der Waals surface area (Å²) in [6.45, 7) is 1.63. The monoisotopic (exact) mass is 263 g/mol. The molecular formula is C13H13NO5. The van der Waals surface area contributed by atoms with Crippen molar-refractivity contribution < 1.29 is 19.2 Å². The Balaban J connectivity index is 1.89. The Bertz CT molecular complexity index is 522. The summed E-state index contributed by atoms with van der Waals surface area (Å²) in [5.41, 5.74) is 0.211. The fraction of sp³-hybridized carbons (Fsp3) is 0.385. The highest BCUT2D eigenvalue weighted by molar-refractivity contribution is 5.98.